The summed E-state index contributed by atoms with van der Waals surface area (Å²) in [6, 6.07) is 10.7. The van der Waals surface area contributed by atoms with Crippen LogP contribution in [0.5, 0.6) is 0 Å². The van der Waals surface area contributed by atoms with Crippen molar-refractivity contribution >= 4 is 11.6 Å². The van der Waals surface area contributed by atoms with Crippen molar-refractivity contribution in [2.24, 2.45) is 0 Å². The van der Waals surface area contributed by atoms with E-state index in [9.17, 15) is 4.79 Å². The van der Waals surface area contributed by atoms with Crippen molar-refractivity contribution in [1.82, 2.24) is 5.32 Å². The first-order valence-corrected chi connectivity index (χ1v) is 6.70. The highest BCUT2D eigenvalue weighted by Gasteiger charge is 2.24. The van der Waals surface area contributed by atoms with Crippen LogP contribution in [0.2, 0.25) is 0 Å². The standard InChI is InChI=1S/C15H19N3O/c1-12-7-8-13-5-2-3-6-14(13)18(12)11-15(19)17-10-4-9-16/h2-3,5-6,12H,4,7-8,10-11H2,1H3,(H,17,19). The lowest BCUT2D eigenvalue weighted by Gasteiger charge is -2.36. The lowest BCUT2D eigenvalue weighted by Crippen LogP contribution is -2.44. The highest BCUT2D eigenvalue weighted by atomic mass is 16.2. The second kappa shape index (κ2) is 6.24. The first kappa shape index (κ1) is 13.4. The molecule has 1 amide bonds. The Kier molecular flexibility index (Phi) is 4.40. The van der Waals surface area contributed by atoms with Crippen molar-refractivity contribution in [3.8, 4) is 6.07 Å². The molecule has 0 fully saturated rings. The van der Waals surface area contributed by atoms with Crippen LogP contribution in [-0.2, 0) is 11.2 Å². The molecule has 0 saturated heterocycles. The molecule has 1 unspecified atom stereocenters. The molecule has 4 heteroatoms. The molecule has 0 aliphatic carbocycles. The van der Waals surface area contributed by atoms with E-state index >= 15 is 0 Å². The Morgan fingerprint density at radius 3 is 3.11 bits per heavy atom. The Hall–Kier alpha value is -2.02. The monoisotopic (exact) mass is 257 g/mol. The Morgan fingerprint density at radius 2 is 2.32 bits per heavy atom. The van der Waals surface area contributed by atoms with E-state index in [1.54, 1.807) is 0 Å². The molecule has 0 spiro atoms. The maximum absolute atomic E-state index is 11.9. The van der Waals surface area contributed by atoms with Crippen LogP contribution < -0.4 is 10.2 Å². The summed E-state index contributed by atoms with van der Waals surface area (Å²) in [5.41, 5.74) is 2.47. The Morgan fingerprint density at radius 1 is 1.53 bits per heavy atom. The lowest BCUT2D eigenvalue weighted by atomic mass is 9.97. The van der Waals surface area contributed by atoms with Crippen molar-refractivity contribution in [1.29, 1.82) is 5.26 Å². The van der Waals surface area contributed by atoms with E-state index in [1.807, 2.05) is 18.2 Å². The number of carbonyl (C=O) groups is 1. The molecule has 4 nitrogen and oxygen atoms in total. The number of fused-ring (bicyclic) bond motifs is 1. The van der Waals surface area contributed by atoms with Gasteiger partial charge >= 0.3 is 0 Å². The molecule has 2 rings (SSSR count). The van der Waals surface area contributed by atoms with Gasteiger partial charge in [-0.25, -0.2) is 0 Å². The Labute approximate surface area is 114 Å². The third-order valence-corrected chi connectivity index (χ3v) is 3.54. The van der Waals surface area contributed by atoms with Gasteiger partial charge in [0, 0.05) is 18.3 Å². The number of carbonyl (C=O) groups excluding carboxylic acids is 1. The SMILES string of the molecule is CC1CCc2ccccc2N1CC(=O)NCCC#N. The fraction of sp³-hybridized carbons (Fsp3) is 0.467. The average molecular weight is 257 g/mol. The molecule has 0 saturated carbocycles. The van der Waals surface area contributed by atoms with Gasteiger partial charge < -0.3 is 10.2 Å². The number of para-hydroxylation sites is 1. The number of hydrogen-bond acceptors (Lipinski definition) is 3. The summed E-state index contributed by atoms with van der Waals surface area (Å²) in [6.45, 7) is 2.95. The number of nitrogens with zero attached hydrogens (tertiary/aromatic N) is 2. The predicted molar refractivity (Wildman–Crippen MR) is 74.8 cm³/mol. The molecule has 19 heavy (non-hydrogen) atoms. The summed E-state index contributed by atoms with van der Waals surface area (Å²) in [6.07, 6.45) is 2.50. The minimum Gasteiger partial charge on any atom is -0.359 e. The second-order valence-corrected chi connectivity index (χ2v) is 4.90. The quantitative estimate of drug-likeness (QED) is 0.838. The molecule has 1 aliphatic heterocycles. The minimum absolute atomic E-state index is 0.0150. The zero-order chi connectivity index (χ0) is 13.7. The number of aryl methyl sites for hydroxylation is 1. The molecule has 0 radical (unpaired) electrons. The Balaban J connectivity index is 2.03. The fourth-order valence-corrected chi connectivity index (χ4v) is 2.47. The van der Waals surface area contributed by atoms with Crippen molar-refractivity contribution in [2.45, 2.75) is 32.2 Å². The molecule has 100 valence electrons. The van der Waals surface area contributed by atoms with Gasteiger partial charge in [0.2, 0.25) is 5.91 Å². The molecule has 1 aromatic carbocycles. The number of nitriles is 1. The van der Waals surface area contributed by atoms with E-state index in [4.69, 9.17) is 5.26 Å². The van der Waals surface area contributed by atoms with Gasteiger partial charge in [-0.1, -0.05) is 18.2 Å². The molecular formula is C15H19N3O. The fourth-order valence-electron chi connectivity index (χ4n) is 2.47. The predicted octanol–water partition coefficient (Wildman–Crippen LogP) is 1.86. The number of hydrogen-bond donors (Lipinski definition) is 1. The van der Waals surface area contributed by atoms with Crippen LogP contribution in [0.3, 0.4) is 0 Å². The van der Waals surface area contributed by atoms with Gasteiger partial charge in [-0.3, -0.25) is 4.79 Å². The van der Waals surface area contributed by atoms with Crippen molar-refractivity contribution in [3.63, 3.8) is 0 Å². The maximum Gasteiger partial charge on any atom is 0.239 e. The molecule has 0 bridgehead atoms. The van der Waals surface area contributed by atoms with Gasteiger partial charge in [-0.2, -0.15) is 5.26 Å². The van der Waals surface area contributed by atoms with Gasteiger partial charge in [0.15, 0.2) is 0 Å². The molecular weight excluding hydrogens is 238 g/mol. The first-order chi connectivity index (χ1) is 9.22. The summed E-state index contributed by atoms with van der Waals surface area (Å²) in [5, 5.41) is 11.2. The van der Waals surface area contributed by atoms with E-state index in [1.165, 1.54) is 5.56 Å². The van der Waals surface area contributed by atoms with E-state index in [2.05, 4.69) is 29.3 Å². The van der Waals surface area contributed by atoms with Crippen LogP contribution in [0.25, 0.3) is 0 Å². The molecule has 0 aromatic heterocycles. The molecule has 1 aliphatic rings. The van der Waals surface area contributed by atoms with Crippen LogP contribution in [0.4, 0.5) is 5.69 Å². The van der Waals surface area contributed by atoms with Crippen molar-refractivity contribution in [2.75, 3.05) is 18.0 Å². The lowest BCUT2D eigenvalue weighted by molar-refractivity contribution is -0.119. The average Bonchev–Trinajstić information content (AvgIpc) is 2.42. The van der Waals surface area contributed by atoms with E-state index in [0.717, 1.165) is 18.5 Å². The van der Waals surface area contributed by atoms with Crippen molar-refractivity contribution in [3.05, 3.63) is 29.8 Å². The van der Waals surface area contributed by atoms with Crippen molar-refractivity contribution < 1.29 is 4.79 Å². The van der Waals surface area contributed by atoms with Crippen LogP contribution in [0.1, 0.15) is 25.3 Å². The first-order valence-electron chi connectivity index (χ1n) is 6.70. The van der Waals surface area contributed by atoms with Crippen LogP contribution in [-0.4, -0.2) is 25.0 Å². The van der Waals surface area contributed by atoms with Gasteiger partial charge in [0.25, 0.3) is 0 Å². The number of nitrogens with one attached hydrogen (secondary N) is 1. The second-order valence-electron chi connectivity index (χ2n) is 4.90. The summed E-state index contributed by atoms with van der Waals surface area (Å²) in [7, 11) is 0. The minimum atomic E-state index is -0.0150. The highest BCUT2D eigenvalue weighted by molar-refractivity contribution is 5.82. The molecule has 1 heterocycles. The van der Waals surface area contributed by atoms with Gasteiger partial charge in [0.1, 0.15) is 0 Å². The number of anilines is 1. The molecule has 1 aromatic rings. The third kappa shape index (κ3) is 3.25. The zero-order valence-corrected chi connectivity index (χ0v) is 11.2. The number of rotatable bonds is 4. The topological polar surface area (TPSA) is 56.1 Å². The third-order valence-electron chi connectivity index (χ3n) is 3.54. The van der Waals surface area contributed by atoms with Gasteiger partial charge in [-0.15, -0.1) is 0 Å². The summed E-state index contributed by atoms with van der Waals surface area (Å²) >= 11 is 0. The molecule has 1 N–H and O–H groups in total. The van der Waals surface area contributed by atoms with E-state index in [0.29, 0.717) is 25.6 Å². The number of benzene rings is 1. The van der Waals surface area contributed by atoms with E-state index in [-0.39, 0.29) is 5.91 Å². The number of amides is 1. The van der Waals surface area contributed by atoms with E-state index < -0.39 is 0 Å². The van der Waals surface area contributed by atoms with Gasteiger partial charge in [0.05, 0.1) is 19.0 Å². The summed E-state index contributed by atoms with van der Waals surface area (Å²) in [4.78, 5) is 14.0. The largest absolute Gasteiger partial charge is 0.359 e. The van der Waals surface area contributed by atoms with Crippen LogP contribution >= 0.6 is 0 Å². The summed E-state index contributed by atoms with van der Waals surface area (Å²) < 4.78 is 0. The van der Waals surface area contributed by atoms with Crippen LogP contribution in [0.15, 0.2) is 24.3 Å². The maximum atomic E-state index is 11.9. The summed E-state index contributed by atoms with van der Waals surface area (Å²) in [5.74, 6) is -0.0150. The smallest absolute Gasteiger partial charge is 0.239 e. The Bertz CT molecular complexity index is 492. The molecule has 1 atom stereocenters. The van der Waals surface area contributed by atoms with Crippen LogP contribution in [0, 0.1) is 11.3 Å². The van der Waals surface area contributed by atoms with Gasteiger partial charge in [-0.05, 0) is 31.4 Å². The normalized spacial score (nSPS) is 17.5. The zero-order valence-electron chi connectivity index (χ0n) is 11.2. The highest BCUT2D eigenvalue weighted by Crippen LogP contribution is 2.29.